The van der Waals surface area contributed by atoms with Crippen molar-refractivity contribution >= 4 is 5.97 Å². The highest BCUT2D eigenvalue weighted by atomic mass is 19.3. The van der Waals surface area contributed by atoms with E-state index >= 15 is 0 Å². The first-order valence-corrected chi connectivity index (χ1v) is 11.8. The van der Waals surface area contributed by atoms with Gasteiger partial charge in [0.05, 0.1) is 13.2 Å². The van der Waals surface area contributed by atoms with Crippen LogP contribution in [0.15, 0.2) is 67.0 Å². The van der Waals surface area contributed by atoms with Gasteiger partial charge in [-0.1, -0.05) is 42.5 Å². The summed E-state index contributed by atoms with van der Waals surface area (Å²) in [6.45, 7) is 3.18. The second-order valence-corrected chi connectivity index (χ2v) is 9.21. The lowest BCUT2D eigenvalue weighted by Gasteiger charge is -2.32. The zero-order valence-electron chi connectivity index (χ0n) is 19.7. The Bertz CT molecular complexity index is 1150. The molecule has 35 heavy (non-hydrogen) atoms. The van der Waals surface area contributed by atoms with Crippen molar-refractivity contribution in [2.75, 3.05) is 6.61 Å². The topological polar surface area (TPSA) is 55.3 Å². The summed E-state index contributed by atoms with van der Waals surface area (Å²) >= 11 is 0. The number of aryl methyl sites for hydroxylation is 1. The molecule has 0 saturated heterocycles. The molecule has 1 aliphatic carbocycles. The van der Waals surface area contributed by atoms with Crippen LogP contribution in [0.2, 0.25) is 0 Å². The predicted molar refractivity (Wildman–Crippen MR) is 123 cm³/mol. The standard InChI is InChI=1S/C27H30F3N2O3/c1-20-31(15-16-32(20)19-21-8-10-24(28)11-9-21)14-5-17-35-25(33)27(34,22-6-3-2-4-7-22)23-12-13-26(29,30)18-23/h2-4,6-11,15-16,23,34H,5,12-14,17-19H2,1H3/q+1/t23-,27+/m1/s1. The SMILES string of the molecule is Cc1n(CCCOC(=O)[C@](O)(c2ccccc2)[C@@H]2CCC(F)(F)C2)cc[n+]1Cc1ccc(F)cc1. The maximum atomic E-state index is 13.9. The van der Waals surface area contributed by atoms with Gasteiger partial charge in [-0.2, -0.15) is 0 Å². The maximum Gasteiger partial charge on any atom is 0.343 e. The number of aromatic nitrogens is 2. The fourth-order valence-electron chi connectivity index (χ4n) is 4.76. The molecule has 0 spiro atoms. The van der Waals surface area contributed by atoms with Crippen LogP contribution in [0, 0.1) is 18.7 Å². The van der Waals surface area contributed by atoms with Gasteiger partial charge in [-0.25, -0.2) is 27.1 Å². The van der Waals surface area contributed by atoms with E-state index in [2.05, 4.69) is 0 Å². The zero-order chi connectivity index (χ0) is 25.1. The number of nitrogens with zero attached hydrogens (tertiary/aromatic N) is 2. The van der Waals surface area contributed by atoms with Crippen LogP contribution < -0.4 is 4.57 Å². The van der Waals surface area contributed by atoms with Crippen molar-refractivity contribution in [3.8, 4) is 0 Å². The van der Waals surface area contributed by atoms with Gasteiger partial charge in [0, 0.05) is 32.1 Å². The van der Waals surface area contributed by atoms with Crippen LogP contribution in [0.3, 0.4) is 0 Å². The molecule has 1 N–H and O–H groups in total. The summed E-state index contributed by atoms with van der Waals surface area (Å²) in [4.78, 5) is 13.0. The smallest absolute Gasteiger partial charge is 0.343 e. The third-order valence-corrected chi connectivity index (χ3v) is 6.82. The molecule has 2 aromatic carbocycles. The summed E-state index contributed by atoms with van der Waals surface area (Å²) in [5.41, 5.74) is -0.859. The quantitative estimate of drug-likeness (QED) is 0.274. The number of ether oxygens (including phenoxy) is 1. The Morgan fingerprint density at radius 3 is 2.57 bits per heavy atom. The van der Waals surface area contributed by atoms with Gasteiger partial charge in [0.15, 0.2) is 5.60 Å². The summed E-state index contributed by atoms with van der Waals surface area (Å²) in [6, 6.07) is 14.5. The Balaban J connectivity index is 1.36. The average molecular weight is 488 g/mol. The Labute approximate surface area is 202 Å². The number of carbonyl (C=O) groups is 1. The number of carbonyl (C=O) groups excluding carboxylic acids is 1. The highest BCUT2D eigenvalue weighted by Crippen LogP contribution is 2.47. The molecule has 0 aliphatic heterocycles. The van der Waals surface area contributed by atoms with E-state index in [4.69, 9.17) is 4.74 Å². The van der Waals surface area contributed by atoms with E-state index in [0.717, 1.165) is 11.4 Å². The van der Waals surface area contributed by atoms with Crippen molar-refractivity contribution < 1.29 is 32.4 Å². The Kier molecular flexibility index (Phi) is 7.31. The van der Waals surface area contributed by atoms with Crippen molar-refractivity contribution in [3.05, 3.63) is 89.8 Å². The van der Waals surface area contributed by atoms with Crippen LogP contribution in [0.25, 0.3) is 0 Å². The van der Waals surface area contributed by atoms with Gasteiger partial charge in [0.2, 0.25) is 5.92 Å². The Hall–Kier alpha value is -3.13. The molecule has 3 aromatic rings. The first-order chi connectivity index (χ1) is 16.7. The van der Waals surface area contributed by atoms with E-state index in [1.165, 1.54) is 12.1 Å². The van der Waals surface area contributed by atoms with Gasteiger partial charge >= 0.3 is 5.97 Å². The number of hydrogen-bond donors (Lipinski definition) is 1. The minimum atomic E-state index is -2.90. The van der Waals surface area contributed by atoms with E-state index in [9.17, 15) is 23.1 Å². The molecule has 2 atom stereocenters. The molecule has 5 nitrogen and oxygen atoms in total. The van der Waals surface area contributed by atoms with Crippen molar-refractivity contribution in [1.82, 2.24) is 4.57 Å². The van der Waals surface area contributed by atoms with Gasteiger partial charge in [0.25, 0.3) is 5.82 Å². The summed E-state index contributed by atoms with van der Waals surface area (Å²) < 4.78 is 50.4. The second-order valence-electron chi connectivity index (χ2n) is 9.21. The molecule has 0 unspecified atom stereocenters. The number of rotatable bonds is 9. The first kappa shape index (κ1) is 25.0. The molecule has 4 rings (SSSR count). The summed E-state index contributed by atoms with van der Waals surface area (Å²) in [7, 11) is 0. The number of alkyl halides is 2. The van der Waals surface area contributed by atoms with Crippen LogP contribution in [0.4, 0.5) is 13.2 Å². The van der Waals surface area contributed by atoms with E-state index in [0.29, 0.717) is 19.5 Å². The number of aliphatic hydroxyl groups is 1. The Morgan fingerprint density at radius 2 is 1.91 bits per heavy atom. The molecular formula is C27H30F3N2O3+. The largest absolute Gasteiger partial charge is 0.463 e. The first-order valence-electron chi connectivity index (χ1n) is 11.8. The van der Waals surface area contributed by atoms with E-state index in [1.807, 2.05) is 28.5 Å². The third kappa shape index (κ3) is 5.59. The average Bonchev–Trinajstić information content (AvgIpc) is 3.39. The highest BCUT2D eigenvalue weighted by molar-refractivity contribution is 5.81. The summed E-state index contributed by atoms with van der Waals surface area (Å²) in [5.74, 6) is -3.99. The van der Waals surface area contributed by atoms with Crippen LogP contribution in [-0.2, 0) is 28.2 Å². The van der Waals surface area contributed by atoms with Crippen molar-refractivity contribution in [2.24, 2.45) is 5.92 Å². The fraction of sp³-hybridized carbons (Fsp3) is 0.407. The van der Waals surface area contributed by atoms with E-state index in [-0.39, 0.29) is 30.8 Å². The summed E-state index contributed by atoms with van der Waals surface area (Å²) in [6.07, 6.45) is 3.48. The van der Waals surface area contributed by atoms with Gasteiger partial charge in [0.1, 0.15) is 24.8 Å². The molecule has 186 valence electrons. The molecule has 1 saturated carbocycles. The lowest BCUT2D eigenvalue weighted by molar-refractivity contribution is -0.694. The van der Waals surface area contributed by atoms with Gasteiger partial charge in [-0.15, -0.1) is 0 Å². The van der Waals surface area contributed by atoms with E-state index < -0.39 is 29.8 Å². The monoisotopic (exact) mass is 487 g/mol. The highest BCUT2D eigenvalue weighted by Gasteiger charge is 2.54. The lowest BCUT2D eigenvalue weighted by Crippen LogP contribution is -2.44. The van der Waals surface area contributed by atoms with Gasteiger partial charge < -0.3 is 9.84 Å². The van der Waals surface area contributed by atoms with Gasteiger partial charge in [-0.05, 0) is 29.7 Å². The van der Waals surface area contributed by atoms with Crippen LogP contribution in [0.1, 0.15) is 42.6 Å². The Morgan fingerprint density at radius 1 is 1.20 bits per heavy atom. The molecule has 0 bridgehead atoms. The molecule has 1 heterocycles. The second kappa shape index (κ2) is 10.2. The van der Waals surface area contributed by atoms with Gasteiger partial charge in [-0.3, -0.25) is 0 Å². The maximum absolute atomic E-state index is 13.9. The third-order valence-electron chi connectivity index (χ3n) is 6.82. The molecule has 8 heteroatoms. The molecular weight excluding hydrogens is 457 g/mol. The molecule has 1 aromatic heterocycles. The summed E-state index contributed by atoms with van der Waals surface area (Å²) in [5, 5.41) is 11.4. The lowest BCUT2D eigenvalue weighted by atomic mass is 9.80. The zero-order valence-corrected chi connectivity index (χ0v) is 19.7. The van der Waals surface area contributed by atoms with Crippen molar-refractivity contribution in [3.63, 3.8) is 0 Å². The molecule has 1 aliphatic rings. The normalized spacial score (nSPS) is 18.8. The van der Waals surface area contributed by atoms with E-state index in [1.54, 1.807) is 42.5 Å². The fourth-order valence-corrected chi connectivity index (χ4v) is 4.76. The van der Waals surface area contributed by atoms with Crippen molar-refractivity contribution in [1.29, 1.82) is 0 Å². The molecule has 0 radical (unpaired) electrons. The van der Waals surface area contributed by atoms with Crippen LogP contribution >= 0.6 is 0 Å². The number of esters is 1. The minimum absolute atomic E-state index is 0.0457. The van der Waals surface area contributed by atoms with Crippen LogP contribution in [0.5, 0.6) is 0 Å². The predicted octanol–water partition coefficient (Wildman–Crippen LogP) is 4.53. The molecule has 0 amide bonds. The minimum Gasteiger partial charge on any atom is -0.463 e. The number of imidazole rings is 1. The number of halogens is 3. The van der Waals surface area contributed by atoms with Crippen molar-refractivity contribution in [2.45, 2.75) is 57.2 Å². The number of hydrogen-bond acceptors (Lipinski definition) is 3. The van der Waals surface area contributed by atoms with Crippen LogP contribution in [-0.4, -0.2) is 28.2 Å². The molecule has 1 fully saturated rings. The number of benzene rings is 2.